The first-order valence-corrected chi connectivity index (χ1v) is 11.9. The Balaban J connectivity index is 1.75. The van der Waals surface area contributed by atoms with Crippen molar-refractivity contribution < 1.29 is 18.4 Å². The van der Waals surface area contributed by atoms with Crippen LogP contribution in [0.3, 0.4) is 0 Å². The Morgan fingerprint density at radius 1 is 1.14 bits per heavy atom. The summed E-state index contributed by atoms with van der Waals surface area (Å²) in [6, 6.07) is 3.58. The highest BCUT2D eigenvalue weighted by atomic mass is 19.1. The average molecular weight is 483 g/mol. The zero-order chi connectivity index (χ0) is 25.7. The molecule has 6 nitrogen and oxygen atoms in total. The van der Waals surface area contributed by atoms with Gasteiger partial charge in [0.25, 0.3) is 0 Å². The smallest absolute Gasteiger partial charge is 0.235 e. The lowest BCUT2D eigenvalue weighted by molar-refractivity contribution is -0.145. The number of benzene rings is 1. The molecule has 1 aromatic rings. The number of rotatable bonds is 3. The number of hydrogen-bond acceptors (Lipinski definition) is 4. The molecule has 2 aliphatic heterocycles. The number of nitrogens with zero attached hydrogens (tertiary/aromatic N) is 4. The van der Waals surface area contributed by atoms with E-state index in [9.17, 15) is 18.4 Å². The molecule has 1 saturated heterocycles. The van der Waals surface area contributed by atoms with Crippen LogP contribution in [0.2, 0.25) is 0 Å². The molecule has 1 aliphatic carbocycles. The Hall–Kier alpha value is -3.16. The van der Waals surface area contributed by atoms with Crippen molar-refractivity contribution in [3.8, 4) is 0 Å². The molecule has 186 valence electrons. The van der Waals surface area contributed by atoms with Crippen molar-refractivity contribution in [2.45, 2.75) is 46.1 Å². The van der Waals surface area contributed by atoms with Gasteiger partial charge in [-0.05, 0) is 54.4 Å². The van der Waals surface area contributed by atoms with Crippen LogP contribution >= 0.6 is 0 Å². The van der Waals surface area contributed by atoms with Gasteiger partial charge in [0.2, 0.25) is 11.8 Å². The van der Waals surface area contributed by atoms with Crippen LogP contribution < -0.4 is 0 Å². The fourth-order valence-electron chi connectivity index (χ4n) is 6.15. The third-order valence-electron chi connectivity index (χ3n) is 8.40. The molecule has 2 fully saturated rings. The van der Waals surface area contributed by atoms with Crippen LogP contribution in [0.15, 0.2) is 58.9 Å². The highest BCUT2D eigenvalue weighted by molar-refractivity contribution is 5.88. The number of fused-ring (bicyclic) bond motifs is 2. The van der Waals surface area contributed by atoms with Crippen molar-refractivity contribution in [3.05, 3.63) is 65.9 Å². The van der Waals surface area contributed by atoms with Crippen LogP contribution in [0.4, 0.5) is 8.78 Å². The van der Waals surface area contributed by atoms with Gasteiger partial charge in [-0.3, -0.25) is 9.59 Å². The van der Waals surface area contributed by atoms with Crippen molar-refractivity contribution in [1.82, 2.24) is 9.80 Å². The number of carbonyl (C=O) groups excluding carboxylic acids is 2. The van der Waals surface area contributed by atoms with Gasteiger partial charge < -0.3 is 9.80 Å². The lowest BCUT2D eigenvalue weighted by atomic mass is 9.61. The van der Waals surface area contributed by atoms with Crippen molar-refractivity contribution in [3.63, 3.8) is 0 Å². The lowest BCUT2D eigenvalue weighted by Gasteiger charge is -2.44. The lowest BCUT2D eigenvalue weighted by Crippen LogP contribution is -2.51. The molecule has 4 rings (SSSR count). The van der Waals surface area contributed by atoms with Gasteiger partial charge >= 0.3 is 0 Å². The summed E-state index contributed by atoms with van der Waals surface area (Å²) >= 11 is 0. The number of allylic oxidation sites excluding steroid dienone is 2. The van der Waals surface area contributed by atoms with E-state index in [4.69, 9.17) is 0 Å². The molecular weight excluding hydrogens is 450 g/mol. The van der Waals surface area contributed by atoms with Crippen LogP contribution in [-0.2, 0) is 9.59 Å². The highest BCUT2D eigenvalue weighted by Crippen LogP contribution is 2.63. The summed E-state index contributed by atoms with van der Waals surface area (Å²) in [5.74, 6) is -1.78. The summed E-state index contributed by atoms with van der Waals surface area (Å²) in [5.41, 5.74) is -1.02. The molecule has 1 aromatic carbocycles. The molecule has 3 atom stereocenters. The highest BCUT2D eigenvalue weighted by Gasteiger charge is 2.62. The first kappa shape index (κ1) is 24.9. The molecule has 35 heavy (non-hydrogen) atoms. The first-order valence-electron chi connectivity index (χ1n) is 11.9. The fraction of sp³-hybridized carbons (Fsp3) is 0.481. The number of azo groups is 1. The summed E-state index contributed by atoms with van der Waals surface area (Å²) in [5, 5.41) is 8.51. The predicted molar refractivity (Wildman–Crippen MR) is 130 cm³/mol. The van der Waals surface area contributed by atoms with Crippen LogP contribution in [0.1, 0.15) is 45.6 Å². The number of likely N-dealkylation sites (tertiary alicyclic amines) is 1. The molecule has 0 radical (unpaired) electrons. The molecule has 2 bridgehead atoms. The Labute approximate surface area is 205 Å². The zero-order valence-electron chi connectivity index (χ0n) is 20.8. The van der Waals surface area contributed by atoms with E-state index in [2.05, 4.69) is 23.4 Å². The van der Waals surface area contributed by atoms with Gasteiger partial charge in [0.05, 0.1) is 28.4 Å². The largest absolute Gasteiger partial charge is 0.341 e. The summed E-state index contributed by atoms with van der Waals surface area (Å²) in [6.45, 7) is 14.9. The van der Waals surface area contributed by atoms with Gasteiger partial charge in [-0.2, -0.15) is 10.2 Å². The van der Waals surface area contributed by atoms with E-state index in [1.54, 1.807) is 22.9 Å². The normalized spacial score (nSPS) is 29.3. The SMILES string of the molecule is C=C1/C=C(/c2c(F)cccc2F)N=NC(=C)[C@]2(C(=O)N3CCC(N(C)C(C)=O)C3)CCC1C2(C)C. The first-order chi connectivity index (χ1) is 16.4. The van der Waals surface area contributed by atoms with Crippen molar-refractivity contribution in [2.75, 3.05) is 20.1 Å². The third kappa shape index (κ3) is 3.83. The Kier molecular flexibility index (Phi) is 6.28. The molecule has 0 aromatic heterocycles. The second-order valence-corrected chi connectivity index (χ2v) is 10.4. The Morgan fingerprint density at radius 2 is 1.80 bits per heavy atom. The van der Waals surface area contributed by atoms with Crippen molar-refractivity contribution in [2.24, 2.45) is 27.0 Å². The third-order valence-corrected chi connectivity index (χ3v) is 8.40. The number of likely N-dealkylation sites (N-methyl/N-ethyl adjacent to an activating group) is 1. The maximum absolute atomic E-state index is 14.6. The Bertz CT molecular complexity index is 1150. The second-order valence-electron chi connectivity index (χ2n) is 10.4. The van der Waals surface area contributed by atoms with Crippen LogP contribution in [-0.4, -0.2) is 47.8 Å². The van der Waals surface area contributed by atoms with Crippen LogP contribution in [0.25, 0.3) is 5.70 Å². The van der Waals surface area contributed by atoms with E-state index in [-0.39, 0.29) is 40.7 Å². The number of halogens is 2. The summed E-state index contributed by atoms with van der Waals surface area (Å²) in [6.07, 6.45) is 3.44. The minimum Gasteiger partial charge on any atom is -0.341 e. The maximum atomic E-state index is 14.6. The molecule has 2 amide bonds. The minimum atomic E-state index is -1.05. The van der Waals surface area contributed by atoms with Crippen molar-refractivity contribution >= 4 is 17.5 Å². The molecule has 8 heteroatoms. The quantitative estimate of drug-likeness (QED) is 0.584. The Morgan fingerprint density at radius 3 is 2.43 bits per heavy atom. The molecule has 0 spiro atoms. The van der Waals surface area contributed by atoms with Crippen molar-refractivity contribution in [1.29, 1.82) is 0 Å². The van der Waals surface area contributed by atoms with Gasteiger partial charge in [0.15, 0.2) is 0 Å². The molecule has 2 heterocycles. The minimum absolute atomic E-state index is 0.0158. The standard InChI is InChI=1S/C27H32F2N4O2/c1-16-14-23(24-21(28)8-7-9-22(24)29)31-30-17(2)27(12-10-20(16)26(27,4)5)25(35)33-13-11-19(15-33)32(6)18(3)34/h7-9,14,19-20H,1-2,10-13,15H2,3-6H3/b23-14-,31-30?/t19?,20?,27-/m0/s1. The number of carbonyl (C=O) groups is 2. The number of amides is 2. The van der Waals surface area contributed by atoms with Gasteiger partial charge in [0.1, 0.15) is 11.6 Å². The molecule has 1 saturated carbocycles. The summed E-state index contributed by atoms with van der Waals surface area (Å²) < 4.78 is 29.2. The zero-order valence-corrected chi connectivity index (χ0v) is 20.8. The molecule has 2 unspecified atom stereocenters. The molecule has 0 N–H and O–H groups in total. The van der Waals surface area contributed by atoms with E-state index < -0.39 is 22.5 Å². The fourth-order valence-corrected chi connectivity index (χ4v) is 6.15. The number of hydrogen-bond donors (Lipinski definition) is 0. The topological polar surface area (TPSA) is 65.3 Å². The van der Waals surface area contributed by atoms with Gasteiger partial charge in [-0.15, -0.1) is 0 Å². The van der Waals surface area contributed by atoms with Gasteiger partial charge in [0, 0.05) is 27.1 Å². The van der Waals surface area contributed by atoms with Crippen LogP contribution in [0.5, 0.6) is 0 Å². The molecule has 3 aliphatic rings. The monoisotopic (exact) mass is 482 g/mol. The molecular formula is C27H32F2N4O2. The predicted octanol–water partition coefficient (Wildman–Crippen LogP) is 5.34. The van der Waals surface area contributed by atoms with Crippen LogP contribution in [0, 0.1) is 28.4 Å². The van der Waals surface area contributed by atoms with E-state index in [0.717, 1.165) is 0 Å². The average Bonchev–Trinajstić information content (AvgIpc) is 3.38. The van der Waals surface area contributed by atoms with Gasteiger partial charge in [-0.1, -0.05) is 33.1 Å². The maximum Gasteiger partial charge on any atom is 0.235 e. The van der Waals surface area contributed by atoms with E-state index >= 15 is 0 Å². The van der Waals surface area contributed by atoms with E-state index in [0.29, 0.717) is 37.9 Å². The van der Waals surface area contributed by atoms with Gasteiger partial charge in [-0.25, -0.2) is 8.78 Å². The van der Waals surface area contributed by atoms with E-state index in [1.165, 1.54) is 25.1 Å². The van der Waals surface area contributed by atoms with E-state index in [1.807, 2.05) is 13.8 Å². The second kappa shape index (κ2) is 8.81. The summed E-state index contributed by atoms with van der Waals surface area (Å²) in [4.78, 5) is 29.5. The summed E-state index contributed by atoms with van der Waals surface area (Å²) in [7, 11) is 1.75.